The van der Waals surface area contributed by atoms with E-state index in [1.165, 1.54) is 32.3 Å². The first-order valence-electron chi connectivity index (χ1n) is 20.9. The van der Waals surface area contributed by atoms with Gasteiger partial charge >= 0.3 is 0 Å². The summed E-state index contributed by atoms with van der Waals surface area (Å²) in [5.41, 5.74) is 6.77. The van der Waals surface area contributed by atoms with Crippen LogP contribution in [0.25, 0.3) is 116 Å². The van der Waals surface area contributed by atoms with E-state index in [4.69, 9.17) is 19.9 Å². The summed E-state index contributed by atoms with van der Waals surface area (Å²) in [5.74, 6) is 2.71. The van der Waals surface area contributed by atoms with Crippen LogP contribution in [0.4, 0.5) is 0 Å². The predicted molar refractivity (Wildman–Crippen MR) is 255 cm³/mol. The molecule has 61 heavy (non-hydrogen) atoms. The van der Waals surface area contributed by atoms with Gasteiger partial charge in [-0.25, -0.2) is 19.9 Å². The molecule has 0 atom stereocenters. The van der Waals surface area contributed by atoms with Gasteiger partial charge in [0.25, 0.3) is 0 Å². The van der Waals surface area contributed by atoms with E-state index in [0.29, 0.717) is 17.5 Å². The number of nitrogens with zero attached hydrogens (tertiary/aromatic N) is 5. The van der Waals surface area contributed by atoms with Crippen LogP contribution in [0.2, 0.25) is 0 Å². The molecule has 0 unspecified atom stereocenters. The number of imidazole rings is 1. The average Bonchev–Trinajstić information content (AvgIpc) is 3.76. The van der Waals surface area contributed by atoms with Crippen LogP contribution in [-0.2, 0) is 0 Å². The minimum Gasteiger partial charge on any atom is -0.292 e. The first kappa shape index (κ1) is 36.1. The van der Waals surface area contributed by atoms with Crippen molar-refractivity contribution in [2.24, 2.45) is 0 Å². The molecule has 0 amide bonds. The molecule has 0 aliphatic heterocycles. The molecule has 5 heteroatoms. The summed E-state index contributed by atoms with van der Waals surface area (Å²) in [6.07, 6.45) is 0. The second-order valence-electron chi connectivity index (χ2n) is 15.1. The Labute approximate surface area is 353 Å². The summed E-state index contributed by atoms with van der Waals surface area (Å²) in [4.78, 5) is 21.1. The molecule has 12 rings (SSSR count). The molecular weight excluding hydrogens is 743 g/mol. The van der Waals surface area contributed by atoms with E-state index < -0.39 is 0 Å². The van der Waals surface area contributed by atoms with Crippen molar-refractivity contribution in [1.82, 2.24) is 24.5 Å². The van der Waals surface area contributed by atoms with Gasteiger partial charge < -0.3 is 0 Å². The van der Waals surface area contributed by atoms with Gasteiger partial charge in [-0.3, -0.25) is 4.57 Å². The molecule has 288 valence electrons. The fourth-order valence-corrected chi connectivity index (χ4v) is 8.68. The number of benzene rings is 10. The Balaban J connectivity index is 0.00000207. The third kappa shape index (κ3) is 6.26. The Kier molecular flexibility index (Phi) is 8.86. The zero-order valence-corrected chi connectivity index (χ0v) is 33.8. The molecule has 12 aromatic rings. The molecule has 5 nitrogen and oxygen atoms in total. The van der Waals surface area contributed by atoms with Gasteiger partial charge in [0.1, 0.15) is 5.82 Å². The van der Waals surface area contributed by atoms with Gasteiger partial charge in [-0.2, -0.15) is 0 Å². The predicted octanol–water partition coefficient (Wildman–Crippen LogP) is 14.7. The quantitative estimate of drug-likeness (QED) is 0.163. The molecule has 2 heterocycles. The van der Waals surface area contributed by atoms with Gasteiger partial charge in [-0.05, 0) is 73.4 Å². The van der Waals surface area contributed by atoms with Crippen LogP contribution in [0.15, 0.2) is 200 Å². The molecule has 0 saturated heterocycles. The van der Waals surface area contributed by atoms with E-state index in [0.717, 1.165) is 66.3 Å². The zero-order valence-electron chi connectivity index (χ0n) is 33.8. The van der Waals surface area contributed by atoms with Gasteiger partial charge in [-0.1, -0.05) is 184 Å². The molecule has 10 aromatic carbocycles. The third-order valence-electron chi connectivity index (χ3n) is 11.6. The molecule has 0 radical (unpaired) electrons. The number of hydrogen-bond donors (Lipinski definition) is 0. The molecule has 0 aliphatic carbocycles. The Morgan fingerprint density at radius 3 is 1.26 bits per heavy atom. The Bertz CT molecular complexity index is 3540. The number of hydrogen-bond acceptors (Lipinski definition) is 4. The van der Waals surface area contributed by atoms with E-state index in [1.54, 1.807) is 0 Å². The van der Waals surface area contributed by atoms with Gasteiger partial charge in [0.2, 0.25) is 0 Å². The van der Waals surface area contributed by atoms with Crippen molar-refractivity contribution in [3.05, 3.63) is 200 Å². The second-order valence-corrected chi connectivity index (χ2v) is 15.1. The number of fused-ring (bicyclic) bond motifs is 9. The molecule has 0 fully saturated rings. The SMILES string of the molecule is CC.c1cc(-c2nc(-c3ccc4ccccc4c3)nc(-c3ccc4ccccc4c3)n2)cc(-n2c(-c3ccc4ccccc4c3)nc3c4ccccc4c4ccccc4c32)c1. The summed E-state index contributed by atoms with van der Waals surface area (Å²) >= 11 is 0. The topological polar surface area (TPSA) is 56.5 Å². The molecule has 0 N–H and O–H groups in total. The smallest absolute Gasteiger partial charge is 0.164 e. The monoisotopic (exact) mass is 781 g/mol. The van der Waals surface area contributed by atoms with E-state index in [2.05, 4.69) is 205 Å². The Hall–Kier alpha value is -8.02. The van der Waals surface area contributed by atoms with Crippen LogP contribution in [0.1, 0.15) is 13.8 Å². The Morgan fingerprint density at radius 2 is 0.721 bits per heavy atom. The summed E-state index contributed by atoms with van der Waals surface area (Å²) < 4.78 is 2.33. The van der Waals surface area contributed by atoms with Gasteiger partial charge in [0.05, 0.1) is 11.0 Å². The molecule has 0 aliphatic rings. The minimum atomic E-state index is 0.597. The van der Waals surface area contributed by atoms with Crippen molar-refractivity contribution in [2.75, 3.05) is 0 Å². The van der Waals surface area contributed by atoms with Gasteiger partial charge in [-0.15, -0.1) is 0 Å². The van der Waals surface area contributed by atoms with Crippen molar-refractivity contribution in [3.8, 4) is 51.2 Å². The van der Waals surface area contributed by atoms with Crippen LogP contribution < -0.4 is 0 Å². The molecular formula is C56H39N5. The average molecular weight is 782 g/mol. The fraction of sp³-hybridized carbons (Fsp3) is 0.0357. The van der Waals surface area contributed by atoms with Crippen LogP contribution in [0.5, 0.6) is 0 Å². The van der Waals surface area contributed by atoms with E-state index in [1.807, 2.05) is 13.8 Å². The maximum atomic E-state index is 5.53. The maximum absolute atomic E-state index is 5.53. The number of aromatic nitrogens is 5. The van der Waals surface area contributed by atoms with Gasteiger partial charge in [0, 0.05) is 38.7 Å². The largest absolute Gasteiger partial charge is 0.292 e. The molecule has 0 spiro atoms. The highest BCUT2D eigenvalue weighted by Crippen LogP contribution is 2.40. The first-order chi connectivity index (χ1) is 30.2. The third-order valence-corrected chi connectivity index (χ3v) is 11.6. The van der Waals surface area contributed by atoms with E-state index in [-0.39, 0.29) is 0 Å². The van der Waals surface area contributed by atoms with Crippen molar-refractivity contribution < 1.29 is 0 Å². The lowest BCUT2D eigenvalue weighted by Crippen LogP contribution is -2.02. The van der Waals surface area contributed by atoms with E-state index >= 15 is 0 Å². The lowest BCUT2D eigenvalue weighted by molar-refractivity contribution is 1.07. The normalized spacial score (nSPS) is 11.4. The maximum Gasteiger partial charge on any atom is 0.164 e. The van der Waals surface area contributed by atoms with Crippen molar-refractivity contribution >= 4 is 64.9 Å². The second kappa shape index (κ2) is 15.0. The first-order valence-corrected chi connectivity index (χ1v) is 20.9. The summed E-state index contributed by atoms with van der Waals surface area (Å²) in [6.45, 7) is 4.00. The van der Waals surface area contributed by atoms with Crippen LogP contribution >= 0.6 is 0 Å². The molecule has 0 bridgehead atoms. The lowest BCUT2D eigenvalue weighted by atomic mass is 10.00. The Morgan fingerprint density at radius 1 is 0.311 bits per heavy atom. The van der Waals surface area contributed by atoms with Crippen molar-refractivity contribution in [2.45, 2.75) is 13.8 Å². The highest BCUT2D eigenvalue weighted by atomic mass is 15.1. The van der Waals surface area contributed by atoms with Crippen LogP contribution in [0, 0.1) is 0 Å². The minimum absolute atomic E-state index is 0.597. The lowest BCUT2D eigenvalue weighted by Gasteiger charge is -2.14. The van der Waals surface area contributed by atoms with E-state index in [9.17, 15) is 0 Å². The van der Waals surface area contributed by atoms with Crippen LogP contribution in [0.3, 0.4) is 0 Å². The number of rotatable bonds is 5. The molecule has 2 aromatic heterocycles. The van der Waals surface area contributed by atoms with Crippen LogP contribution in [-0.4, -0.2) is 24.5 Å². The zero-order chi connectivity index (χ0) is 40.9. The fourth-order valence-electron chi connectivity index (χ4n) is 8.68. The van der Waals surface area contributed by atoms with Gasteiger partial charge in [0.15, 0.2) is 17.5 Å². The van der Waals surface area contributed by atoms with Crippen molar-refractivity contribution in [1.29, 1.82) is 0 Å². The summed E-state index contributed by atoms with van der Waals surface area (Å²) in [6, 6.07) is 70.5. The van der Waals surface area contributed by atoms with Crippen molar-refractivity contribution in [3.63, 3.8) is 0 Å². The highest BCUT2D eigenvalue weighted by Gasteiger charge is 2.21. The standard InChI is InChI=1S/C54H33N5.C2H6/c1-4-15-37-30-41(27-24-34(37)12-1)52-56-51(57-53(58-52)42-28-25-35-13-2-5-16-38(35)31-42)40-18-11-19-44(33-40)59-50-48-23-10-8-21-46(48)45-20-7-9-22-47(45)49(50)55-54(59)43-29-26-36-14-3-6-17-39(36)32-43;1-2/h1-33H;1-2H3. The summed E-state index contributed by atoms with van der Waals surface area (Å²) in [7, 11) is 0. The summed E-state index contributed by atoms with van der Waals surface area (Å²) in [5, 5.41) is 11.6. The molecule has 0 saturated carbocycles. The highest BCUT2D eigenvalue weighted by molar-refractivity contribution is 6.24.